The fraction of sp³-hybridized carbons (Fsp3) is 0.909. The summed E-state index contributed by atoms with van der Waals surface area (Å²) >= 11 is 0. The first-order valence-corrected chi connectivity index (χ1v) is 7.80. The Morgan fingerprint density at radius 2 is 1.82 bits per heavy atom. The van der Waals surface area contributed by atoms with Crippen LogP contribution in [0.4, 0.5) is 0 Å². The Hall–Kier alpha value is -0.620. The van der Waals surface area contributed by atoms with Crippen LogP contribution < -0.4 is 11.1 Å². The summed E-state index contributed by atoms with van der Waals surface area (Å²) < 4.78 is 23.2. The lowest BCUT2D eigenvalue weighted by atomic mass is 10.2. The van der Waals surface area contributed by atoms with Gasteiger partial charge >= 0.3 is 0 Å². The second-order valence-corrected chi connectivity index (χ2v) is 6.97. The number of sulfone groups is 1. The Balaban J connectivity index is 3.92. The van der Waals surface area contributed by atoms with Crippen LogP contribution >= 0.6 is 0 Å². The first-order valence-electron chi connectivity index (χ1n) is 5.98. The van der Waals surface area contributed by atoms with Crippen LogP contribution in [0.2, 0.25) is 0 Å². The Morgan fingerprint density at radius 3 is 2.29 bits per heavy atom. The minimum atomic E-state index is -3.28. The fourth-order valence-corrected chi connectivity index (χ4v) is 2.69. The molecule has 0 heterocycles. The van der Waals surface area contributed by atoms with Crippen LogP contribution in [0.15, 0.2) is 0 Å². The van der Waals surface area contributed by atoms with Gasteiger partial charge in [-0.1, -0.05) is 6.42 Å². The monoisotopic (exact) mass is 264 g/mol. The van der Waals surface area contributed by atoms with E-state index >= 15 is 0 Å². The molecular formula is C11H24N2O3S. The third kappa shape index (κ3) is 10.3. The van der Waals surface area contributed by atoms with Gasteiger partial charge in [-0.3, -0.25) is 4.79 Å². The van der Waals surface area contributed by atoms with E-state index < -0.39 is 21.5 Å². The molecule has 0 aliphatic heterocycles. The van der Waals surface area contributed by atoms with E-state index in [1.807, 2.05) is 6.92 Å². The zero-order valence-corrected chi connectivity index (χ0v) is 11.7. The predicted octanol–water partition coefficient (Wildman–Crippen LogP) is 0.443. The fourth-order valence-electron chi connectivity index (χ4n) is 1.42. The zero-order valence-electron chi connectivity index (χ0n) is 10.9. The molecular weight excluding hydrogens is 240 g/mol. The van der Waals surface area contributed by atoms with E-state index in [0.29, 0.717) is 6.42 Å². The Bertz CT molecular complexity index is 324. The zero-order chi connectivity index (χ0) is 13.5. The molecule has 0 fully saturated rings. The van der Waals surface area contributed by atoms with Gasteiger partial charge in [0.2, 0.25) is 5.91 Å². The van der Waals surface area contributed by atoms with Gasteiger partial charge in [-0.2, -0.15) is 0 Å². The molecule has 0 saturated heterocycles. The lowest BCUT2D eigenvalue weighted by Gasteiger charge is -2.09. The molecule has 5 nitrogen and oxygen atoms in total. The summed E-state index contributed by atoms with van der Waals surface area (Å²) in [5.41, 5.74) is 5.56. The van der Waals surface area contributed by atoms with Gasteiger partial charge in [-0.05, 0) is 33.6 Å². The molecule has 102 valence electrons. The Labute approximate surface area is 104 Å². The molecule has 0 radical (unpaired) electrons. The van der Waals surface area contributed by atoms with Gasteiger partial charge in [0, 0.05) is 12.1 Å². The van der Waals surface area contributed by atoms with Crippen LogP contribution in [0.3, 0.4) is 0 Å². The van der Waals surface area contributed by atoms with E-state index in [-0.39, 0.29) is 17.8 Å². The molecule has 6 heteroatoms. The van der Waals surface area contributed by atoms with E-state index in [9.17, 15) is 13.2 Å². The van der Waals surface area contributed by atoms with E-state index in [0.717, 1.165) is 12.8 Å². The minimum Gasteiger partial charge on any atom is -0.353 e. The van der Waals surface area contributed by atoms with Crippen molar-refractivity contribution in [3.63, 3.8) is 0 Å². The number of nitrogens with two attached hydrogens (primary N) is 1. The molecule has 0 aliphatic carbocycles. The average Bonchev–Trinajstić information content (AvgIpc) is 2.09. The molecule has 0 aliphatic rings. The first kappa shape index (κ1) is 16.4. The Morgan fingerprint density at radius 1 is 1.24 bits per heavy atom. The number of nitrogens with one attached hydrogen (secondary N) is 1. The van der Waals surface area contributed by atoms with Gasteiger partial charge in [-0.25, -0.2) is 8.42 Å². The number of rotatable bonds is 8. The number of hydrogen-bond acceptors (Lipinski definition) is 4. The van der Waals surface area contributed by atoms with Crippen molar-refractivity contribution in [2.24, 2.45) is 5.73 Å². The van der Waals surface area contributed by atoms with Crippen molar-refractivity contribution >= 4 is 15.7 Å². The average molecular weight is 264 g/mol. The highest BCUT2D eigenvalue weighted by atomic mass is 32.2. The molecule has 0 bridgehead atoms. The SMILES string of the molecule is CC(N)CCCCS(=O)(=O)CC(=O)NC(C)C. The van der Waals surface area contributed by atoms with Crippen LogP contribution in [-0.2, 0) is 14.6 Å². The second-order valence-electron chi connectivity index (χ2n) is 4.79. The summed E-state index contributed by atoms with van der Waals surface area (Å²) in [7, 11) is -3.28. The molecule has 0 aromatic rings. The molecule has 17 heavy (non-hydrogen) atoms. The van der Waals surface area contributed by atoms with Crippen LogP contribution in [-0.4, -0.2) is 37.9 Å². The van der Waals surface area contributed by atoms with Gasteiger partial charge in [0.15, 0.2) is 9.84 Å². The maximum Gasteiger partial charge on any atom is 0.235 e. The summed E-state index contributed by atoms with van der Waals surface area (Å²) in [6, 6.07) is 0.0673. The van der Waals surface area contributed by atoms with Crippen molar-refractivity contribution in [1.29, 1.82) is 0 Å². The van der Waals surface area contributed by atoms with Gasteiger partial charge in [0.1, 0.15) is 5.75 Å². The van der Waals surface area contributed by atoms with Crippen LogP contribution in [0.1, 0.15) is 40.0 Å². The summed E-state index contributed by atoms with van der Waals surface area (Å²) in [6.45, 7) is 5.49. The molecule has 0 aromatic carbocycles. The molecule has 0 aromatic heterocycles. The number of carbonyl (C=O) groups is 1. The van der Waals surface area contributed by atoms with Crippen molar-refractivity contribution < 1.29 is 13.2 Å². The molecule has 1 unspecified atom stereocenters. The van der Waals surface area contributed by atoms with Crippen molar-refractivity contribution in [1.82, 2.24) is 5.32 Å². The van der Waals surface area contributed by atoms with Crippen molar-refractivity contribution in [2.45, 2.75) is 52.1 Å². The lowest BCUT2D eigenvalue weighted by molar-refractivity contribution is -0.119. The van der Waals surface area contributed by atoms with Crippen molar-refractivity contribution in [3.8, 4) is 0 Å². The van der Waals surface area contributed by atoms with Gasteiger partial charge in [-0.15, -0.1) is 0 Å². The first-order chi connectivity index (χ1) is 7.73. The van der Waals surface area contributed by atoms with E-state index in [2.05, 4.69) is 5.32 Å². The third-order valence-corrected chi connectivity index (χ3v) is 3.78. The molecule has 1 amide bonds. The Kier molecular flexibility index (Phi) is 7.38. The van der Waals surface area contributed by atoms with Crippen molar-refractivity contribution in [3.05, 3.63) is 0 Å². The summed E-state index contributed by atoms with van der Waals surface area (Å²) in [5.74, 6) is -0.776. The van der Waals surface area contributed by atoms with Crippen LogP contribution in [0.25, 0.3) is 0 Å². The highest BCUT2D eigenvalue weighted by Crippen LogP contribution is 2.02. The minimum absolute atomic E-state index is 0.0317. The topological polar surface area (TPSA) is 89.3 Å². The van der Waals surface area contributed by atoms with Gasteiger partial charge in [0.25, 0.3) is 0 Å². The molecule has 1 atom stereocenters. The second kappa shape index (κ2) is 7.66. The smallest absolute Gasteiger partial charge is 0.235 e. The summed E-state index contributed by atoms with van der Waals surface area (Å²) in [6.07, 6.45) is 2.16. The third-order valence-electron chi connectivity index (χ3n) is 2.17. The predicted molar refractivity (Wildman–Crippen MR) is 69.4 cm³/mol. The summed E-state index contributed by atoms with van der Waals surface area (Å²) in [5, 5.41) is 2.57. The van der Waals surface area contributed by atoms with E-state index in [4.69, 9.17) is 5.73 Å². The number of unbranched alkanes of at least 4 members (excludes halogenated alkanes) is 1. The maximum absolute atomic E-state index is 11.6. The normalized spacial score (nSPS) is 13.7. The number of hydrogen-bond donors (Lipinski definition) is 2. The van der Waals surface area contributed by atoms with E-state index in [1.165, 1.54) is 0 Å². The van der Waals surface area contributed by atoms with Gasteiger partial charge < -0.3 is 11.1 Å². The molecule has 0 rings (SSSR count). The highest BCUT2D eigenvalue weighted by Gasteiger charge is 2.16. The maximum atomic E-state index is 11.6. The molecule has 3 N–H and O–H groups in total. The summed E-state index contributed by atoms with van der Waals surface area (Å²) in [4.78, 5) is 11.3. The molecule has 0 saturated carbocycles. The highest BCUT2D eigenvalue weighted by molar-refractivity contribution is 7.92. The largest absolute Gasteiger partial charge is 0.353 e. The van der Waals surface area contributed by atoms with Crippen LogP contribution in [0.5, 0.6) is 0 Å². The molecule has 0 spiro atoms. The van der Waals surface area contributed by atoms with Crippen LogP contribution in [0, 0.1) is 0 Å². The standard InChI is InChI=1S/C11H24N2O3S/c1-9(2)13-11(14)8-17(15,16)7-5-4-6-10(3)12/h9-10H,4-8,12H2,1-3H3,(H,13,14). The number of carbonyl (C=O) groups excluding carboxylic acids is 1. The van der Waals surface area contributed by atoms with Crippen molar-refractivity contribution in [2.75, 3.05) is 11.5 Å². The lowest BCUT2D eigenvalue weighted by Crippen LogP contribution is -2.35. The van der Waals surface area contributed by atoms with Gasteiger partial charge in [0.05, 0.1) is 5.75 Å². The van der Waals surface area contributed by atoms with E-state index in [1.54, 1.807) is 13.8 Å². The quantitative estimate of drug-likeness (QED) is 0.623. The number of amides is 1.